The second-order valence-corrected chi connectivity index (χ2v) is 7.88. The van der Waals surface area contributed by atoms with Crippen molar-refractivity contribution in [1.82, 2.24) is 15.5 Å². The Bertz CT molecular complexity index is 1010. The minimum atomic E-state index is -1.28. The Morgan fingerprint density at radius 2 is 1.71 bits per heavy atom. The fourth-order valence-electron chi connectivity index (χ4n) is 3.51. The Kier molecular flexibility index (Phi) is 5.46. The zero-order valence-electron chi connectivity index (χ0n) is 17.0. The van der Waals surface area contributed by atoms with E-state index in [9.17, 15) is 19.2 Å². The van der Waals surface area contributed by atoms with Gasteiger partial charge in [0.2, 0.25) is 6.10 Å². The molecule has 8 nitrogen and oxygen atoms in total. The van der Waals surface area contributed by atoms with Crippen LogP contribution in [-0.2, 0) is 24.7 Å². The number of benzene rings is 2. The first-order valence-electron chi connectivity index (χ1n) is 10.1. The molecule has 2 aromatic carbocycles. The normalized spacial score (nSPS) is 21.4. The number of imide groups is 1. The predicted octanol–water partition coefficient (Wildman–Crippen LogP) is 2.02. The number of amides is 4. The maximum absolute atomic E-state index is 13.0. The lowest BCUT2D eigenvalue weighted by Crippen LogP contribution is -2.42. The van der Waals surface area contributed by atoms with Crippen molar-refractivity contribution in [3.8, 4) is 0 Å². The number of nitrogens with zero attached hydrogens (tertiary/aromatic N) is 1. The van der Waals surface area contributed by atoms with E-state index in [0.717, 1.165) is 17.7 Å². The van der Waals surface area contributed by atoms with Gasteiger partial charge in [0.25, 0.3) is 11.8 Å². The summed E-state index contributed by atoms with van der Waals surface area (Å²) in [7, 11) is 0. The van der Waals surface area contributed by atoms with Crippen molar-refractivity contribution >= 4 is 23.8 Å². The van der Waals surface area contributed by atoms with Crippen LogP contribution in [0.4, 0.5) is 4.79 Å². The topological polar surface area (TPSA) is 105 Å². The number of carbonyl (C=O) groups excluding carboxylic acids is 4. The monoisotopic (exact) mass is 421 g/mol. The van der Waals surface area contributed by atoms with Crippen LogP contribution in [0, 0.1) is 0 Å². The second-order valence-electron chi connectivity index (χ2n) is 7.88. The van der Waals surface area contributed by atoms with Crippen molar-refractivity contribution in [3.05, 3.63) is 71.8 Å². The Balaban J connectivity index is 1.48. The fourth-order valence-corrected chi connectivity index (χ4v) is 3.51. The van der Waals surface area contributed by atoms with E-state index in [0.29, 0.717) is 11.1 Å². The smallest absolute Gasteiger partial charge is 0.327 e. The maximum atomic E-state index is 13.0. The molecule has 2 N–H and O–H groups in total. The molecule has 1 aliphatic heterocycles. The van der Waals surface area contributed by atoms with Gasteiger partial charge in [-0.25, -0.2) is 4.79 Å². The lowest BCUT2D eigenvalue weighted by Gasteiger charge is -2.22. The molecule has 1 heterocycles. The SMILES string of the molecule is C[C@@]1(c2ccccc2)NC(=O)N(CC(=O)O[C@@H](C(=O)NC2CC2)c2ccccc2)C1=O. The van der Waals surface area contributed by atoms with E-state index >= 15 is 0 Å². The molecule has 2 atom stereocenters. The number of hydrogen-bond donors (Lipinski definition) is 2. The van der Waals surface area contributed by atoms with Crippen LogP contribution in [0.1, 0.15) is 37.0 Å². The minimum Gasteiger partial charge on any atom is -0.446 e. The highest BCUT2D eigenvalue weighted by atomic mass is 16.5. The van der Waals surface area contributed by atoms with Crippen molar-refractivity contribution in [2.24, 2.45) is 0 Å². The summed E-state index contributed by atoms with van der Waals surface area (Å²) in [5, 5.41) is 5.47. The number of urea groups is 1. The summed E-state index contributed by atoms with van der Waals surface area (Å²) in [6, 6.07) is 16.8. The summed E-state index contributed by atoms with van der Waals surface area (Å²) in [6.07, 6.45) is 0.624. The van der Waals surface area contributed by atoms with Gasteiger partial charge in [-0.1, -0.05) is 60.7 Å². The van der Waals surface area contributed by atoms with Gasteiger partial charge in [0.1, 0.15) is 12.1 Å². The Morgan fingerprint density at radius 1 is 1.10 bits per heavy atom. The molecule has 2 aliphatic rings. The molecule has 0 radical (unpaired) electrons. The molecule has 0 aromatic heterocycles. The molecule has 2 aromatic rings. The van der Waals surface area contributed by atoms with E-state index < -0.39 is 42.0 Å². The van der Waals surface area contributed by atoms with Gasteiger partial charge >= 0.3 is 12.0 Å². The quantitative estimate of drug-likeness (QED) is 0.526. The van der Waals surface area contributed by atoms with Crippen molar-refractivity contribution in [3.63, 3.8) is 0 Å². The Morgan fingerprint density at radius 3 is 2.32 bits per heavy atom. The van der Waals surface area contributed by atoms with Crippen LogP contribution in [-0.4, -0.2) is 41.3 Å². The lowest BCUT2D eigenvalue weighted by atomic mass is 9.92. The third kappa shape index (κ3) is 4.28. The van der Waals surface area contributed by atoms with Crippen LogP contribution in [0.5, 0.6) is 0 Å². The Hall–Kier alpha value is -3.68. The third-order valence-electron chi connectivity index (χ3n) is 5.43. The van der Waals surface area contributed by atoms with E-state index in [-0.39, 0.29) is 6.04 Å². The highest BCUT2D eigenvalue weighted by Gasteiger charge is 2.49. The van der Waals surface area contributed by atoms with E-state index in [1.54, 1.807) is 67.6 Å². The second kappa shape index (κ2) is 8.22. The van der Waals surface area contributed by atoms with Gasteiger partial charge in [0.15, 0.2) is 0 Å². The summed E-state index contributed by atoms with van der Waals surface area (Å²) in [4.78, 5) is 51.5. The van der Waals surface area contributed by atoms with E-state index in [1.807, 2.05) is 0 Å². The zero-order chi connectivity index (χ0) is 22.0. The highest BCUT2D eigenvalue weighted by Crippen LogP contribution is 2.29. The molecule has 31 heavy (non-hydrogen) atoms. The third-order valence-corrected chi connectivity index (χ3v) is 5.43. The molecule has 160 valence electrons. The van der Waals surface area contributed by atoms with Crippen LogP contribution in [0.25, 0.3) is 0 Å². The summed E-state index contributed by atoms with van der Waals surface area (Å²) in [5.74, 6) is -1.83. The summed E-state index contributed by atoms with van der Waals surface area (Å²) in [5.41, 5.74) is -0.156. The van der Waals surface area contributed by atoms with Crippen LogP contribution in [0.15, 0.2) is 60.7 Å². The number of esters is 1. The van der Waals surface area contributed by atoms with Crippen molar-refractivity contribution in [2.45, 2.75) is 37.5 Å². The van der Waals surface area contributed by atoms with Crippen LogP contribution >= 0.6 is 0 Å². The largest absolute Gasteiger partial charge is 0.446 e. The molecule has 0 bridgehead atoms. The first-order valence-corrected chi connectivity index (χ1v) is 10.1. The molecule has 4 rings (SSSR count). The molecule has 2 fully saturated rings. The highest BCUT2D eigenvalue weighted by molar-refractivity contribution is 6.08. The first-order chi connectivity index (χ1) is 14.9. The summed E-state index contributed by atoms with van der Waals surface area (Å²) in [6.45, 7) is 0.997. The Labute approximate surface area is 179 Å². The summed E-state index contributed by atoms with van der Waals surface area (Å²) < 4.78 is 5.43. The molecular formula is C23H23N3O5. The van der Waals surface area contributed by atoms with Gasteiger partial charge in [-0.05, 0) is 25.3 Å². The molecule has 0 unspecified atom stereocenters. The fraction of sp³-hybridized carbons (Fsp3) is 0.304. The summed E-state index contributed by atoms with van der Waals surface area (Å²) >= 11 is 0. The molecule has 4 amide bonds. The molecule has 0 spiro atoms. The van der Waals surface area contributed by atoms with E-state index in [1.165, 1.54) is 0 Å². The number of nitrogens with one attached hydrogen (secondary N) is 2. The van der Waals surface area contributed by atoms with Crippen molar-refractivity contribution in [1.29, 1.82) is 0 Å². The first kappa shape index (κ1) is 20.6. The maximum Gasteiger partial charge on any atom is 0.327 e. The van der Waals surface area contributed by atoms with Crippen LogP contribution in [0.3, 0.4) is 0 Å². The average molecular weight is 421 g/mol. The van der Waals surface area contributed by atoms with E-state index in [4.69, 9.17) is 4.74 Å². The van der Waals surface area contributed by atoms with Gasteiger partial charge < -0.3 is 15.4 Å². The van der Waals surface area contributed by atoms with E-state index in [2.05, 4.69) is 10.6 Å². The number of hydrogen-bond acceptors (Lipinski definition) is 5. The van der Waals surface area contributed by atoms with Gasteiger partial charge in [-0.2, -0.15) is 0 Å². The molecular weight excluding hydrogens is 398 g/mol. The molecule has 1 saturated heterocycles. The lowest BCUT2D eigenvalue weighted by molar-refractivity contribution is -0.158. The number of ether oxygens (including phenoxy) is 1. The van der Waals surface area contributed by atoms with Crippen LogP contribution in [0.2, 0.25) is 0 Å². The van der Waals surface area contributed by atoms with Crippen LogP contribution < -0.4 is 10.6 Å². The van der Waals surface area contributed by atoms with Crippen molar-refractivity contribution in [2.75, 3.05) is 6.54 Å². The number of rotatable bonds is 7. The zero-order valence-corrected chi connectivity index (χ0v) is 17.0. The van der Waals surface area contributed by atoms with Gasteiger partial charge in [0.05, 0.1) is 0 Å². The number of carbonyl (C=O) groups is 4. The molecule has 1 saturated carbocycles. The average Bonchev–Trinajstić information content (AvgIpc) is 3.56. The van der Waals surface area contributed by atoms with Gasteiger partial charge in [0, 0.05) is 11.6 Å². The van der Waals surface area contributed by atoms with Gasteiger partial charge in [-0.3, -0.25) is 19.3 Å². The predicted molar refractivity (Wildman–Crippen MR) is 110 cm³/mol. The minimum absolute atomic E-state index is 0.0925. The van der Waals surface area contributed by atoms with Gasteiger partial charge in [-0.15, -0.1) is 0 Å². The molecule has 8 heteroatoms. The standard InChI is InChI=1S/C23H23N3O5/c1-23(16-10-6-3-7-11-16)21(29)26(22(30)25-23)14-18(27)31-19(15-8-4-2-5-9-15)20(28)24-17-12-13-17/h2-11,17,19H,12-14H2,1H3,(H,24,28)(H,25,30)/t19-,23+/m1/s1. The van der Waals surface area contributed by atoms with Crippen molar-refractivity contribution < 1.29 is 23.9 Å². The molecule has 1 aliphatic carbocycles.